The Bertz CT molecular complexity index is 787. The zero-order valence-corrected chi connectivity index (χ0v) is 13.9. The molecule has 2 heterocycles. The van der Waals surface area contributed by atoms with E-state index in [0.29, 0.717) is 27.2 Å². The molecule has 3 aromatic rings. The van der Waals surface area contributed by atoms with E-state index in [1.807, 2.05) is 31.2 Å². The number of hydrogen-bond acceptors (Lipinski definition) is 5. The number of pyridine rings is 1. The summed E-state index contributed by atoms with van der Waals surface area (Å²) in [5, 5.41) is 9.39. The minimum atomic E-state index is 0.370. The Morgan fingerprint density at radius 1 is 1.09 bits per heavy atom. The minimum absolute atomic E-state index is 0.370. The summed E-state index contributed by atoms with van der Waals surface area (Å²) in [6.45, 7) is 2.01. The van der Waals surface area contributed by atoms with E-state index in [1.165, 1.54) is 11.8 Å². The second-order valence-electron chi connectivity index (χ2n) is 4.60. The van der Waals surface area contributed by atoms with Crippen LogP contribution in [0.25, 0.3) is 11.5 Å². The molecule has 0 bridgehead atoms. The predicted molar refractivity (Wildman–Crippen MR) is 88.3 cm³/mol. The van der Waals surface area contributed by atoms with Crippen LogP contribution in [0, 0.1) is 6.92 Å². The van der Waals surface area contributed by atoms with E-state index < -0.39 is 0 Å². The maximum Gasteiger partial charge on any atom is 0.277 e. The third-order valence-corrected chi connectivity index (χ3v) is 4.24. The maximum atomic E-state index is 5.88. The van der Waals surface area contributed by atoms with E-state index in [1.54, 1.807) is 12.1 Å². The topological polar surface area (TPSA) is 51.8 Å². The van der Waals surface area contributed by atoms with Gasteiger partial charge >= 0.3 is 0 Å². The van der Waals surface area contributed by atoms with Gasteiger partial charge in [-0.2, -0.15) is 0 Å². The highest BCUT2D eigenvalue weighted by Crippen LogP contribution is 2.28. The fourth-order valence-corrected chi connectivity index (χ4v) is 3.13. The molecule has 0 radical (unpaired) electrons. The quantitative estimate of drug-likeness (QED) is 0.486. The first-order chi connectivity index (χ1) is 10.6. The van der Waals surface area contributed by atoms with Gasteiger partial charge in [0, 0.05) is 11.3 Å². The van der Waals surface area contributed by atoms with Crippen molar-refractivity contribution in [1.82, 2.24) is 15.2 Å². The summed E-state index contributed by atoms with van der Waals surface area (Å²) >= 11 is 13.2. The number of nitrogens with zero attached hydrogens (tertiary/aromatic N) is 3. The average molecular weight is 352 g/mol. The van der Waals surface area contributed by atoms with Gasteiger partial charge in [0.05, 0.1) is 0 Å². The predicted octanol–water partition coefficient (Wildman–Crippen LogP) is 5.04. The third-order valence-electron chi connectivity index (χ3n) is 2.97. The van der Waals surface area contributed by atoms with Crippen molar-refractivity contribution in [2.24, 2.45) is 0 Å². The number of halogens is 2. The van der Waals surface area contributed by atoms with Crippen LogP contribution in [-0.2, 0) is 5.75 Å². The summed E-state index contributed by atoms with van der Waals surface area (Å²) in [6, 6.07) is 11.4. The van der Waals surface area contributed by atoms with Crippen LogP contribution >= 0.6 is 35.0 Å². The van der Waals surface area contributed by atoms with Crippen LogP contribution in [0.15, 0.2) is 46.0 Å². The molecule has 2 aromatic heterocycles. The van der Waals surface area contributed by atoms with E-state index in [0.717, 1.165) is 16.7 Å². The average Bonchev–Trinajstić information content (AvgIpc) is 2.93. The lowest BCUT2D eigenvalue weighted by Crippen LogP contribution is -1.84. The van der Waals surface area contributed by atoms with Gasteiger partial charge in [-0.25, -0.2) is 4.98 Å². The maximum absolute atomic E-state index is 5.88. The van der Waals surface area contributed by atoms with Crippen LogP contribution in [0.5, 0.6) is 0 Å². The highest BCUT2D eigenvalue weighted by atomic mass is 35.5. The summed E-state index contributed by atoms with van der Waals surface area (Å²) in [7, 11) is 0. The van der Waals surface area contributed by atoms with Crippen molar-refractivity contribution in [1.29, 1.82) is 0 Å². The van der Waals surface area contributed by atoms with Crippen molar-refractivity contribution in [3.05, 3.63) is 57.8 Å². The highest BCUT2D eigenvalue weighted by Gasteiger charge is 2.11. The Morgan fingerprint density at radius 2 is 1.82 bits per heavy atom. The highest BCUT2D eigenvalue weighted by molar-refractivity contribution is 7.98. The van der Waals surface area contributed by atoms with Gasteiger partial charge in [0.25, 0.3) is 5.22 Å². The van der Waals surface area contributed by atoms with Gasteiger partial charge in [-0.15, -0.1) is 10.2 Å². The summed E-state index contributed by atoms with van der Waals surface area (Å²) in [5.74, 6) is 1.14. The van der Waals surface area contributed by atoms with Crippen LogP contribution in [0.3, 0.4) is 0 Å². The molecule has 0 amide bonds. The first-order valence-electron chi connectivity index (χ1n) is 6.46. The molecule has 0 saturated carbocycles. The van der Waals surface area contributed by atoms with E-state index in [2.05, 4.69) is 15.2 Å². The Kier molecular flexibility index (Phi) is 4.66. The Morgan fingerprint density at radius 3 is 2.55 bits per heavy atom. The molecule has 0 spiro atoms. The van der Waals surface area contributed by atoms with E-state index in [4.69, 9.17) is 27.6 Å². The number of thioether (sulfide) groups is 1. The van der Waals surface area contributed by atoms with Gasteiger partial charge in [-0.3, -0.25) is 0 Å². The van der Waals surface area contributed by atoms with E-state index in [9.17, 15) is 0 Å². The smallest absolute Gasteiger partial charge is 0.277 e. The SMILES string of the molecule is Cc1ccccc1-c1nnc(SCc2cc(Cl)nc(Cl)c2)o1. The molecular weight excluding hydrogens is 341 g/mol. The Balaban J connectivity index is 1.73. The largest absolute Gasteiger partial charge is 0.411 e. The molecule has 22 heavy (non-hydrogen) atoms. The molecule has 0 fully saturated rings. The standard InChI is InChI=1S/C15H11Cl2N3OS/c1-9-4-2-3-5-11(9)14-19-20-15(21-14)22-8-10-6-12(16)18-13(17)7-10/h2-7H,8H2,1H3. The van der Waals surface area contributed by atoms with Crippen LogP contribution < -0.4 is 0 Å². The second kappa shape index (κ2) is 6.69. The van der Waals surface area contributed by atoms with Gasteiger partial charge < -0.3 is 4.42 Å². The van der Waals surface area contributed by atoms with Gasteiger partial charge in [-0.05, 0) is 36.2 Å². The van der Waals surface area contributed by atoms with Crippen LogP contribution in [-0.4, -0.2) is 15.2 Å². The number of benzene rings is 1. The van der Waals surface area contributed by atoms with Crippen LogP contribution in [0.2, 0.25) is 10.3 Å². The number of hydrogen-bond donors (Lipinski definition) is 0. The lowest BCUT2D eigenvalue weighted by Gasteiger charge is -2.00. The van der Waals surface area contributed by atoms with Crippen molar-refractivity contribution >= 4 is 35.0 Å². The zero-order valence-electron chi connectivity index (χ0n) is 11.6. The summed E-state index contributed by atoms with van der Waals surface area (Å²) in [4.78, 5) is 3.91. The molecule has 0 N–H and O–H groups in total. The fourth-order valence-electron chi connectivity index (χ4n) is 1.93. The molecule has 0 saturated heterocycles. The molecule has 4 nitrogen and oxygen atoms in total. The first-order valence-corrected chi connectivity index (χ1v) is 8.20. The fraction of sp³-hybridized carbons (Fsp3) is 0.133. The van der Waals surface area contributed by atoms with E-state index in [-0.39, 0.29) is 0 Å². The molecule has 1 aromatic carbocycles. The lowest BCUT2D eigenvalue weighted by molar-refractivity contribution is 0.465. The van der Waals surface area contributed by atoms with Crippen molar-refractivity contribution in [3.63, 3.8) is 0 Å². The molecule has 0 unspecified atom stereocenters. The van der Waals surface area contributed by atoms with Crippen molar-refractivity contribution in [2.75, 3.05) is 0 Å². The molecule has 0 atom stereocenters. The van der Waals surface area contributed by atoms with Crippen molar-refractivity contribution < 1.29 is 4.42 Å². The summed E-state index contributed by atoms with van der Waals surface area (Å²) in [5.41, 5.74) is 2.98. The van der Waals surface area contributed by atoms with Crippen LogP contribution in [0.1, 0.15) is 11.1 Å². The van der Waals surface area contributed by atoms with E-state index >= 15 is 0 Å². The minimum Gasteiger partial charge on any atom is -0.411 e. The first kappa shape index (κ1) is 15.3. The molecule has 0 aliphatic heterocycles. The van der Waals surface area contributed by atoms with Gasteiger partial charge in [-0.1, -0.05) is 53.2 Å². The summed E-state index contributed by atoms with van der Waals surface area (Å²) in [6.07, 6.45) is 0. The van der Waals surface area contributed by atoms with Gasteiger partial charge in [0.1, 0.15) is 10.3 Å². The number of aromatic nitrogens is 3. The Labute approximate surface area is 141 Å². The van der Waals surface area contributed by atoms with Gasteiger partial charge in [0.2, 0.25) is 5.89 Å². The third kappa shape index (κ3) is 3.61. The Hall–Kier alpha value is -1.56. The molecular formula is C15H11Cl2N3OS. The van der Waals surface area contributed by atoms with Crippen LogP contribution in [0.4, 0.5) is 0 Å². The number of rotatable bonds is 4. The molecule has 112 valence electrons. The lowest BCUT2D eigenvalue weighted by atomic mass is 10.1. The monoisotopic (exact) mass is 351 g/mol. The second-order valence-corrected chi connectivity index (χ2v) is 6.30. The zero-order chi connectivity index (χ0) is 15.5. The summed E-state index contributed by atoms with van der Waals surface area (Å²) < 4.78 is 5.69. The van der Waals surface area contributed by atoms with Crippen molar-refractivity contribution in [2.45, 2.75) is 17.9 Å². The molecule has 3 rings (SSSR count). The van der Waals surface area contributed by atoms with Crippen molar-refractivity contribution in [3.8, 4) is 11.5 Å². The van der Waals surface area contributed by atoms with Gasteiger partial charge in [0.15, 0.2) is 0 Å². The molecule has 7 heteroatoms. The number of aryl methyl sites for hydroxylation is 1. The molecule has 0 aliphatic carbocycles. The normalized spacial score (nSPS) is 10.9. The molecule has 0 aliphatic rings.